The fourth-order valence-corrected chi connectivity index (χ4v) is 2.18. The van der Waals surface area contributed by atoms with Crippen molar-refractivity contribution in [3.8, 4) is 0 Å². The van der Waals surface area contributed by atoms with Crippen LogP contribution in [0.15, 0.2) is 0 Å². The van der Waals surface area contributed by atoms with E-state index in [1.165, 1.54) is 12.8 Å². The molecule has 1 saturated carbocycles. The van der Waals surface area contributed by atoms with Crippen molar-refractivity contribution in [2.45, 2.75) is 32.2 Å². The highest BCUT2D eigenvalue weighted by Crippen LogP contribution is 2.28. The zero-order valence-corrected chi connectivity index (χ0v) is 9.82. The van der Waals surface area contributed by atoms with E-state index in [-0.39, 0.29) is 0 Å². The van der Waals surface area contributed by atoms with Crippen LogP contribution in [0.3, 0.4) is 0 Å². The highest BCUT2D eigenvalue weighted by molar-refractivity contribution is 4.80. The standard InChI is InChI=1S/C12H24N2O/c1-10-8-14(5-4-12(10)13)6-7-15-9-11-2-3-11/h10-12H,2-9,13H2,1H3. The third-order valence-corrected chi connectivity index (χ3v) is 3.66. The maximum atomic E-state index is 5.99. The third kappa shape index (κ3) is 3.74. The molecule has 1 saturated heterocycles. The molecule has 0 bridgehead atoms. The van der Waals surface area contributed by atoms with Crippen LogP contribution in [0, 0.1) is 11.8 Å². The first-order valence-electron chi connectivity index (χ1n) is 6.31. The zero-order chi connectivity index (χ0) is 10.7. The summed E-state index contributed by atoms with van der Waals surface area (Å²) in [6.07, 6.45) is 3.91. The van der Waals surface area contributed by atoms with Gasteiger partial charge in [0.15, 0.2) is 0 Å². The number of nitrogens with zero attached hydrogens (tertiary/aromatic N) is 1. The first-order chi connectivity index (χ1) is 7.25. The summed E-state index contributed by atoms with van der Waals surface area (Å²) < 4.78 is 5.65. The molecule has 0 spiro atoms. The molecule has 2 rings (SSSR count). The average Bonchev–Trinajstić information content (AvgIpc) is 3.02. The Bertz CT molecular complexity index is 194. The number of ether oxygens (including phenoxy) is 1. The second kappa shape index (κ2) is 5.28. The van der Waals surface area contributed by atoms with E-state index >= 15 is 0 Å². The molecular formula is C12H24N2O. The van der Waals surface area contributed by atoms with Gasteiger partial charge in [-0.15, -0.1) is 0 Å². The Balaban J connectivity index is 1.54. The quantitative estimate of drug-likeness (QED) is 0.693. The van der Waals surface area contributed by atoms with Gasteiger partial charge in [-0.05, 0) is 37.6 Å². The molecule has 2 N–H and O–H groups in total. The number of hydrogen-bond donors (Lipinski definition) is 1. The molecule has 15 heavy (non-hydrogen) atoms. The maximum absolute atomic E-state index is 5.99. The lowest BCUT2D eigenvalue weighted by Gasteiger charge is -2.34. The van der Waals surface area contributed by atoms with E-state index in [9.17, 15) is 0 Å². The lowest BCUT2D eigenvalue weighted by atomic mass is 9.95. The predicted octanol–water partition coefficient (Wildman–Crippen LogP) is 1.08. The van der Waals surface area contributed by atoms with Gasteiger partial charge in [-0.3, -0.25) is 0 Å². The van der Waals surface area contributed by atoms with Crippen molar-refractivity contribution in [3.63, 3.8) is 0 Å². The molecule has 0 aromatic rings. The second-order valence-electron chi connectivity index (χ2n) is 5.25. The number of likely N-dealkylation sites (tertiary alicyclic amines) is 1. The Kier molecular flexibility index (Phi) is 4.00. The molecule has 2 atom stereocenters. The van der Waals surface area contributed by atoms with Crippen molar-refractivity contribution < 1.29 is 4.74 Å². The zero-order valence-electron chi connectivity index (χ0n) is 9.82. The highest BCUT2D eigenvalue weighted by atomic mass is 16.5. The molecule has 0 amide bonds. The lowest BCUT2D eigenvalue weighted by molar-refractivity contribution is 0.0773. The van der Waals surface area contributed by atoms with Gasteiger partial charge in [-0.25, -0.2) is 0 Å². The molecule has 0 aromatic carbocycles. The third-order valence-electron chi connectivity index (χ3n) is 3.66. The van der Waals surface area contributed by atoms with Crippen LogP contribution in [0.1, 0.15) is 26.2 Å². The minimum atomic E-state index is 0.411. The molecule has 2 aliphatic rings. The van der Waals surface area contributed by atoms with Crippen molar-refractivity contribution in [3.05, 3.63) is 0 Å². The van der Waals surface area contributed by atoms with Gasteiger partial charge in [0.05, 0.1) is 6.61 Å². The van der Waals surface area contributed by atoms with Crippen molar-refractivity contribution in [1.29, 1.82) is 0 Å². The van der Waals surface area contributed by atoms with E-state index in [1.807, 2.05) is 0 Å². The number of nitrogens with two attached hydrogens (primary N) is 1. The van der Waals surface area contributed by atoms with E-state index < -0.39 is 0 Å². The molecule has 3 nitrogen and oxygen atoms in total. The van der Waals surface area contributed by atoms with Gasteiger partial charge in [-0.1, -0.05) is 6.92 Å². The Hall–Kier alpha value is -0.120. The molecule has 0 aromatic heterocycles. The van der Waals surface area contributed by atoms with Gasteiger partial charge in [0.1, 0.15) is 0 Å². The van der Waals surface area contributed by atoms with E-state index in [0.717, 1.165) is 45.2 Å². The molecule has 1 aliphatic carbocycles. The van der Waals surface area contributed by atoms with Crippen molar-refractivity contribution in [1.82, 2.24) is 4.90 Å². The molecule has 0 radical (unpaired) electrons. The molecule has 2 unspecified atom stereocenters. The number of rotatable bonds is 5. The Morgan fingerprint density at radius 1 is 1.33 bits per heavy atom. The first kappa shape index (κ1) is 11.4. The SMILES string of the molecule is CC1CN(CCOCC2CC2)CCC1N. The number of hydrogen-bond acceptors (Lipinski definition) is 3. The fraction of sp³-hybridized carbons (Fsp3) is 1.00. The van der Waals surface area contributed by atoms with Crippen LogP contribution in [-0.4, -0.2) is 43.8 Å². The Morgan fingerprint density at radius 2 is 2.13 bits per heavy atom. The average molecular weight is 212 g/mol. The summed E-state index contributed by atoms with van der Waals surface area (Å²) >= 11 is 0. The monoisotopic (exact) mass is 212 g/mol. The molecule has 3 heteroatoms. The summed E-state index contributed by atoms with van der Waals surface area (Å²) in [5, 5.41) is 0. The smallest absolute Gasteiger partial charge is 0.0593 e. The molecular weight excluding hydrogens is 188 g/mol. The van der Waals surface area contributed by atoms with Crippen LogP contribution in [0.4, 0.5) is 0 Å². The van der Waals surface area contributed by atoms with Gasteiger partial charge in [0.25, 0.3) is 0 Å². The Labute approximate surface area is 93.0 Å². The molecule has 2 fully saturated rings. The summed E-state index contributed by atoms with van der Waals surface area (Å²) in [6.45, 7) is 7.53. The molecule has 88 valence electrons. The van der Waals surface area contributed by atoms with E-state index in [0.29, 0.717) is 12.0 Å². The largest absolute Gasteiger partial charge is 0.380 e. The van der Waals surface area contributed by atoms with Gasteiger partial charge in [-0.2, -0.15) is 0 Å². The van der Waals surface area contributed by atoms with Gasteiger partial charge < -0.3 is 15.4 Å². The van der Waals surface area contributed by atoms with Gasteiger partial charge in [0, 0.05) is 25.7 Å². The maximum Gasteiger partial charge on any atom is 0.0593 e. The van der Waals surface area contributed by atoms with Crippen molar-refractivity contribution >= 4 is 0 Å². The van der Waals surface area contributed by atoms with Gasteiger partial charge in [0.2, 0.25) is 0 Å². The van der Waals surface area contributed by atoms with E-state index in [1.54, 1.807) is 0 Å². The van der Waals surface area contributed by atoms with Crippen LogP contribution >= 0.6 is 0 Å². The van der Waals surface area contributed by atoms with Crippen molar-refractivity contribution in [2.75, 3.05) is 32.8 Å². The topological polar surface area (TPSA) is 38.5 Å². The van der Waals surface area contributed by atoms with Crippen LogP contribution in [-0.2, 0) is 4.74 Å². The summed E-state index contributed by atoms with van der Waals surface area (Å²) in [5.41, 5.74) is 5.99. The van der Waals surface area contributed by atoms with Crippen LogP contribution in [0.5, 0.6) is 0 Å². The minimum Gasteiger partial charge on any atom is -0.380 e. The highest BCUT2D eigenvalue weighted by Gasteiger charge is 2.23. The summed E-state index contributed by atoms with van der Waals surface area (Å²) in [4.78, 5) is 2.49. The van der Waals surface area contributed by atoms with Crippen LogP contribution in [0.25, 0.3) is 0 Å². The summed E-state index contributed by atoms with van der Waals surface area (Å²) in [5.74, 6) is 1.53. The second-order valence-corrected chi connectivity index (χ2v) is 5.25. The normalized spacial score (nSPS) is 33.2. The van der Waals surface area contributed by atoms with Crippen LogP contribution in [0.2, 0.25) is 0 Å². The molecule has 1 heterocycles. The molecule has 1 aliphatic heterocycles. The van der Waals surface area contributed by atoms with Crippen LogP contribution < -0.4 is 5.73 Å². The Morgan fingerprint density at radius 3 is 2.80 bits per heavy atom. The summed E-state index contributed by atoms with van der Waals surface area (Å²) in [6, 6.07) is 0.411. The number of piperidine rings is 1. The van der Waals surface area contributed by atoms with Crippen molar-refractivity contribution in [2.24, 2.45) is 17.6 Å². The lowest BCUT2D eigenvalue weighted by Crippen LogP contribution is -2.46. The van der Waals surface area contributed by atoms with E-state index in [4.69, 9.17) is 10.5 Å². The first-order valence-corrected chi connectivity index (χ1v) is 6.31. The van der Waals surface area contributed by atoms with E-state index in [2.05, 4.69) is 11.8 Å². The van der Waals surface area contributed by atoms with Gasteiger partial charge >= 0.3 is 0 Å². The fourth-order valence-electron chi connectivity index (χ4n) is 2.18. The minimum absolute atomic E-state index is 0.411. The summed E-state index contributed by atoms with van der Waals surface area (Å²) in [7, 11) is 0. The predicted molar refractivity (Wildman–Crippen MR) is 61.7 cm³/mol.